The fourth-order valence-electron chi connectivity index (χ4n) is 9.67. The van der Waals surface area contributed by atoms with Crippen LogP contribution in [0, 0.1) is 23.7 Å². The topological polar surface area (TPSA) is 166 Å². The van der Waals surface area contributed by atoms with E-state index in [1.165, 1.54) is 19.2 Å². The highest BCUT2D eigenvalue weighted by Crippen LogP contribution is 2.66. The molecule has 0 aromatic heterocycles. The molecule has 1 spiro atoms. The summed E-state index contributed by atoms with van der Waals surface area (Å²) >= 11 is 0. The Bertz CT molecular complexity index is 2630. The zero-order chi connectivity index (χ0) is 45.3. The highest BCUT2D eigenvalue weighted by atomic mass is 16.6. The third-order valence-electron chi connectivity index (χ3n) is 12.4. The number of amides is 3. The van der Waals surface area contributed by atoms with Gasteiger partial charge in [0.15, 0.2) is 0 Å². The summed E-state index contributed by atoms with van der Waals surface area (Å²) in [5.41, 5.74) is 1.23. The average Bonchev–Trinajstić information content (AvgIpc) is 3.75. The molecule has 0 saturated carbocycles. The number of morpholine rings is 1. The lowest BCUT2D eigenvalue weighted by Gasteiger charge is -2.46. The van der Waals surface area contributed by atoms with Crippen LogP contribution in [0.15, 0.2) is 133 Å². The van der Waals surface area contributed by atoms with Crippen LogP contribution in [0.4, 0.5) is 10.5 Å². The van der Waals surface area contributed by atoms with Crippen LogP contribution in [-0.4, -0.2) is 82.6 Å². The second-order valence-corrected chi connectivity index (χ2v) is 16.7. The van der Waals surface area contributed by atoms with Gasteiger partial charge >= 0.3 is 23.9 Å². The van der Waals surface area contributed by atoms with Crippen LogP contribution in [0.25, 0.3) is 0 Å². The molecule has 5 aromatic carbocycles. The number of aliphatic carboxylic acids is 1. The molecule has 3 N–H and O–H groups in total. The van der Waals surface area contributed by atoms with Crippen molar-refractivity contribution >= 4 is 35.5 Å². The minimum atomic E-state index is -2.21. The number of phenols is 1. The van der Waals surface area contributed by atoms with Crippen molar-refractivity contribution in [1.29, 1.82) is 0 Å². The van der Waals surface area contributed by atoms with Gasteiger partial charge in [0, 0.05) is 12.1 Å². The van der Waals surface area contributed by atoms with Crippen molar-refractivity contribution in [3.05, 3.63) is 167 Å². The van der Waals surface area contributed by atoms with E-state index in [1.54, 1.807) is 49.1 Å². The summed E-state index contributed by atoms with van der Waals surface area (Å²) in [5, 5.41) is 24.9. The number of hydrogen-bond donors (Lipinski definition) is 3. The van der Waals surface area contributed by atoms with E-state index in [-0.39, 0.29) is 17.0 Å². The number of nitrogens with zero attached hydrogens (tertiary/aromatic N) is 3. The number of fused-ring (bicyclic) bond motifs is 3. The van der Waals surface area contributed by atoms with E-state index in [4.69, 9.17) is 9.47 Å². The van der Waals surface area contributed by atoms with Crippen molar-refractivity contribution in [2.24, 2.45) is 11.8 Å². The lowest BCUT2D eigenvalue weighted by Crippen LogP contribution is -2.56. The molecule has 0 bridgehead atoms. The summed E-state index contributed by atoms with van der Waals surface area (Å²) in [4.78, 5) is 77.5. The summed E-state index contributed by atoms with van der Waals surface area (Å²) in [6, 6.07) is 33.3. The molecule has 0 radical (unpaired) electrons. The first-order valence-corrected chi connectivity index (χ1v) is 21.0. The number of cyclic esters (lactones) is 1. The second kappa shape index (κ2) is 17.8. The predicted octanol–water partition coefficient (Wildman–Crippen LogP) is 6.53. The number of urea groups is 1. The first-order valence-electron chi connectivity index (χ1n) is 21.0. The van der Waals surface area contributed by atoms with E-state index in [0.29, 0.717) is 35.3 Å². The fourth-order valence-corrected chi connectivity index (χ4v) is 9.67. The molecule has 8 rings (SSSR count). The van der Waals surface area contributed by atoms with E-state index >= 15 is 4.79 Å². The zero-order valence-electron chi connectivity index (χ0n) is 35.8. The molecule has 5 aromatic rings. The molecule has 0 unspecified atom stereocenters. The molecule has 2 saturated heterocycles. The predicted molar refractivity (Wildman–Crippen MR) is 236 cm³/mol. The number of imide groups is 1. The minimum absolute atomic E-state index is 0.0562. The number of hydrogen-bond acceptors (Lipinski definition) is 10. The van der Waals surface area contributed by atoms with Gasteiger partial charge in [-0.15, -0.1) is 0 Å². The summed E-state index contributed by atoms with van der Waals surface area (Å²) in [7, 11) is 3.13. The Balaban J connectivity index is 1.37. The van der Waals surface area contributed by atoms with Crippen LogP contribution in [0.5, 0.6) is 5.75 Å². The number of ether oxygens (including phenoxy) is 2. The first kappa shape index (κ1) is 43.4. The molecule has 64 heavy (non-hydrogen) atoms. The monoisotopic (exact) mass is 860 g/mol. The molecule has 3 aliphatic heterocycles. The molecule has 13 heteroatoms. The van der Waals surface area contributed by atoms with Crippen molar-refractivity contribution in [3.8, 4) is 17.6 Å². The van der Waals surface area contributed by atoms with Crippen LogP contribution >= 0.6 is 0 Å². The molecule has 0 aliphatic carbocycles. The highest BCUT2D eigenvalue weighted by molar-refractivity contribution is 6.24. The smallest absolute Gasteiger partial charge is 0.329 e. The summed E-state index contributed by atoms with van der Waals surface area (Å²) < 4.78 is 11.3. The lowest BCUT2D eigenvalue weighted by molar-refractivity contribution is -0.179. The van der Waals surface area contributed by atoms with Gasteiger partial charge in [-0.2, -0.15) is 0 Å². The molecule has 3 amide bonds. The highest BCUT2D eigenvalue weighted by Gasteiger charge is 2.76. The number of benzene rings is 5. The fraction of sp³-hybridized carbons (Fsp3) is 0.275. The van der Waals surface area contributed by atoms with Crippen molar-refractivity contribution in [1.82, 2.24) is 15.1 Å². The number of carbonyl (C=O) groups is 5. The molecule has 3 heterocycles. The third kappa shape index (κ3) is 7.65. The van der Waals surface area contributed by atoms with Crippen LogP contribution in [0.1, 0.15) is 65.4 Å². The maximum absolute atomic E-state index is 16.0. The normalized spacial score (nSPS) is 22.9. The number of methoxy groups -OCH3 is 1. The molecule has 2 fully saturated rings. The average molecular weight is 861 g/mol. The second-order valence-electron chi connectivity index (χ2n) is 16.7. The number of carbonyl (C=O) groups excluding carboxylic acids is 4. The molecular weight excluding hydrogens is 813 g/mol. The minimum Gasteiger partial charge on any atom is -0.508 e. The van der Waals surface area contributed by atoms with Gasteiger partial charge in [0.2, 0.25) is 5.91 Å². The van der Waals surface area contributed by atoms with Crippen LogP contribution in [0.3, 0.4) is 0 Å². The van der Waals surface area contributed by atoms with Gasteiger partial charge in [0.25, 0.3) is 0 Å². The number of rotatable bonds is 10. The van der Waals surface area contributed by atoms with E-state index < -0.39 is 77.4 Å². The van der Waals surface area contributed by atoms with E-state index in [1.807, 2.05) is 103 Å². The van der Waals surface area contributed by atoms with Crippen molar-refractivity contribution < 1.29 is 43.7 Å². The Morgan fingerprint density at radius 2 is 1.47 bits per heavy atom. The molecular formula is C51H48N4O9. The maximum Gasteiger partial charge on any atom is 0.329 e. The van der Waals surface area contributed by atoms with E-state index in [9.17, 15) is 29.4 Å². The van der Waals surface area contributed by atoms with Gasteiger partial charge in [0.1, 0.15) is 35.3 Å². The third-order valence-corrected chi connectivity index (χ3v) is 12.4. The quantitative estimate of drug-likeness (QED) is 0.103. The van der Waals surface area contributed by atoms with Gasteiger partial charge in [-0.1, -0.05) is 129 Å². The van der Waals surface area contributed by atoms with Crippen molar-refractivity contribution in [2.45, 2.75) is 56.1 Å². The Morgan fingerprint density at radius 3 is 2.08 bits per heavy atom. The Labute approximate surface area is 371 Å². The number of phenolic OH excluding ortho intramolecular Hbond substituents is 1. The van der Waals surface area contributed by atoms with E-state index in [2.05, 4.69) is 17.2 Å². The van der Waals surface area contributed by atoms with Crippen LogP contribution < -0.4 is 10.2 Å². The van der Waals surface area contributed by atoms with Crippen LogP contribution in [-0.2, 0) is 40.6 Å². The standard InChI is InChI=1S/C51H48N4O9/c1-31(2)41(47(59)63-4)52-50(62)54-39-27-22-32(17-14-28-53(3)30-33-15-8-5-9-16-33)29-38(39)51(49(54)61)40(46(57)58)43-48(60)64-44(35-20-12-7-13-21-35)42(34-18-10-6-11-19-34)55(43)45(51)36-23-25-37(56)26-24-36/h5-13,15-16,18-27,29,31,40-45,56H,28,30H2,1-4H3,(H,52,62)(H,57,58)/t40-,41+,42-,43-,44+,45+,51-/m1/s1. The Kier molecular flexibility index (Phi) is 12.1. The number of carboxylic acids is 1. The van der Waals surface area contributed by atoms with Gasteiger partial charge in [-0.25, -0.2) is 14.5 Å². The summed E-state index contributed by atoms with van der Waals surface area (Å²) in [6.07, 6.45) is -0.969. The molecule has 13 nitrogen and oxygen atoms in total. The van der Waals surface area contributed by atoms with Crippen LogP contribution in [0.2, 0.25) is 0 Å². The van der Waals surface area contributed by atoms with Gasteiger partial charge in [-0.3, -0.25) is 24.2 Å². The Hall–Kier alpha value is -7.27. The van der Waals surface area contributed by atoms with Crippen molar-refractivity contribution in [3.63, 3.8) is 0 Å². The number of anilines is 1. The number of esters is 2. The van der Waals surface area contributed by atoms with E-state index in [0.717, 1.165) is 10.5 Å². The maximum atomic E-state index is 16.0. The van der Waals surface area contributed by atoms with Gasteiger partial charge in [-0.05, 0) is 71.1 Å². The SMILES string of the molecule is COC(=O)[C@@H](NC(=O)N1C(=O)[C@@]2(c3cc(C#CCN(C)Cc4ccccc4)ccc31)[C@H](c1ccc(O)cc1)N1[C@H](c3ccccc3)[C@H](c3ccccc3)OC(=O)[C@H]1[C@@H]2C(=O)O)C(C)C. The number of carboxylic acid groups (broad SMARTS) is 1. The molecule has 7 atom stereocenters. The van der Waals surface area contributed by atoms with Crippen molar-refractivity contribution in [2.75, 3.05) is 25.6 Å². The largest absolute Gasteiger partial charge is 0.508 e. The summed E-state index contributed by atoms with van der Waals surface area (Å²) in [6.45, 7) is 4.42. The molecule has 3 aliphatic rings. The first-order chi connectivity index (χ1) is 30.9. The molecule has 326 valence electrons. The lowest BCUT2D eigenvalue weighted by atomic mass is 9.65. The summed E-state index contributed by atoms with van der Waals surface area (Å²) in [5.74, 6) is -0.00470. The zero-order valence-corrected chi connectivity index (χ0v) is 35.8. The number of aromatic hydroxyl groups is 1. The number of nitrogens with one attached hydrogen (secondary N) is 1. The Morgan fingerprint density at radius 1 is 0.844 bits per heavy atom. The van der Waals surface area contributed by atoms with Gasteiger partial charge in [0.05, 0.1) is 31.4 Å². The van der Waals surface area contributed by atoms with Gasteiger partial charge < -0.3 is 25.0 Å².